The number of aliphatic carboxylic acids is 1. The molecule has 2 aromatic heterocycles. The van der Waals surface area contributed by atoms with Crippen molar-refractivity contribution < 1.29 is 29.3 Å². The van der Waals surface area contributed by atoms with Gasteiger partial charge in [-0.05, 0) is 116 Å². The molecule has 266 valence electrons. The topological polar surface area (TPSA) is 223 Å². The summed E-state index contributed by atoms with van der Waals surface area (Å²) in [6, 6.07) is 10.9. The van der Waals surface area contributed by atoms with Gasteiger partial charge in [0.1, 0.15) is 11.8 Å². The van der Waals surface area contributed by atoms with Gasteiger partial charge in [-0.15, -0.1) is 0 Å². The molecule has 0 radical (unpaired) electrons. The normalized spacial score (nSPS) is 24.1. The van der Waals surface area contributed by atoms with Gasteiger partial charge in [0.05, 0.1) is 24.5 Å². The van der Waals surface area contributed by atoms with Gasteiger partial charge >= 0.3 is 11.9 Å². The van der Waals surface area contributed by atoms with Crippen LogP contribution in [0.2, 0.25) is 0 Å². The summed E-state index contributed by atoms with van der Waals surface area (Å²) in [5.41, 5.74) is 9.12. The molecular formula is C37H41N7O7. The fraction of sp³-hybridized carbons (Fsp3) is 0.432. The number of aryl methyl sites for hydroxylation is 1. The van der Waals surface area contributed by atoms with Crippen LogP contribution in [0.5, 0.6) is 5.75 Å². The zero-order valence-electron chi connectivity index (χ0n) is 28.2. The predicted octanol–water partition coefficient (Wildman–Crippen LogP) is 3.69. The molecule has 51 heavy (non-hydrogen) atoms. The van der Waals surface area contributed by atoms with Crippen molar-refractivity contribution >= 4 is 40.6 Å². The van der Waals surface area contributed by atoms with Crippen LogP contribution >= 0.6 is 0 Å². The molecule has 1 unspecified atom stereocenters. The number of ether oxygens (including phenoxy) is 1. The number of aliphatic hydroxyl groups excluding tert-OH is 1. The average molecular weight is 696 g/mol. The van der Waals surface area contributed by atoms with E-state index in [-0.39, 0.29) is 53.6 Å². The van der Waals surface area contributed by atoms with Gasteiger partial charge in [0.15, 0.2) is 11.2 Å². The fourth-order valence-corrected chi connectivity index (χ4v) is 8.53. The van der Waals surface area contributed by atoms with Gasteiger partial charge in [0.25, 0.3) is 11.5 Å². The molecule has 2 saturated carbocycles. The lowest BCUT2D eigenvalue weighted by atomic mass is 9.55. The Bertz CT molecular complexity index is 2050. The molecule has 3 aliphatic rings. The first kappa shape index (κ1) is 34.1. The molecule has 2 aromatic carbocycles. The molecule has 2 fully saturated rings. The van der Waals surface area contributed by atoms with Crippen molar-refractivity contribution in [3.63, 3.8) is 0 Å². The van der Waals surface area contributed by atoms with E-state index in [2.05, 4.69) is 43.6 Å². The Hall–Kier alpha value is -5.37. The number of aromatic nitrogens is 4. The molecule has 7 rings (SSSR count). The lowest BCUT2D eigenvalue weighted by molar-refractivity contribution is -0.140. The SMILES string of the molecule is C[C@]12CC[C@@H]3c4ccc(OC(=O)CCC(NC(=O)c5ccc(NCc6cnc7nc(N)[nH]c(=O)c7n6)cc5)C(=O)O)cc4CC[C@H]3[C@@H]1CC[C@@H]2O. The van der Waals surface area contributed by atoms with Crippen LogP contribution in [0, 0.1) is 17.3 Å². The number of aromatic amines is 1. The number of carboxylic acid groups (broad SMARTS) is 1. The number of carboxylic acids is 1. The van der Waals surface area contributed by atoms with Gasteiger partial charge in [-0.3, -0.25) is 19.4 Å². The van der Waals surface area contributed by atoms with E-state index >= 15 is 0 Å². The first-order chi connectivity index (χ1) is 24.5. The van der Waals surface area contributed by atoms with Crippen LogP contribution in [0.3, 0.4) is 0 Å². The average Bonchev–Trinajstić information content (AvgIpc) is 3.42. The summed E-state index contributed by atoms with van der Waals surface area (Å²) in [4.78, 5) is 64.5. The first-order valence-electron chi connectivity index (χ1n) is 17.4. The molecule has 7 N–H and O–H groups in total. The van der Waals surface area contributed by atoms with Crippen LogP contribution in [-0.4, -0.2) is 60.1 Å². The Morgan fingerprint density at radius 1 is 1.10 bits per heavy atom. The third-order valence-corrected chi connectivity index (χ3v) is 11.2. The highest BCUT2D eigenvalue weighted by Gasteiger charge is 2.54. The molecule has 0 spiro atoms. The third kappa shape index (κ3) is 6.87. The Morgan fingerprint density at radius 2 is 1.90 bits per heavy atom. The summed E-state index contributed by atoms with van der Waals surface area (Å²) < 4.78 is 5.62. The summed E-state index contributed by atoms with van der Waals surface area (Å²) in [5, 5.41) is 26.1. The third-order valence-electron chi connectivity index (χ3n) is 11.2. The minimum atomic E-state index is -1.30. The number of carbonyl (C=O) groups excluding carboxylic acids is 2. The molecule has 0 aliphatic heterocycles. The maximum Gasteiger partial charge on any atom is 0.326 e. The number of H-pyrrole nitrogens is 1. The number of fused-ring (bicyclic) bond motifs is 6. The van der Waals surface area contributed by atoms with E-state index in [4.69, 9.17) is 10.5 Å². The summed E-state index contributed by atoms with van der Waals surface area (Å²) in [5.74, 6) is -0.506. The molecule has 6 atom stereocenters. The van der Waals surface area contributed by atoms with E-state index in [0.717, 1.165) is 38.5 Å². The number of nitrogens with two attached hydrogens (primary N) is 1. The number of hydrogen-bond donors (Lipinski definition) is 6. The van der Waals surface area contributed by atoms with E-state index in [1.165, 1.54) is 29.5 Å². The molecular weight excluding hydrogens is 654 g/mol. The minimum Gasteiger partial charge on any atom is -0.480 e. The van der Waals surface area contributed by atoms with Crippen LogP contribution in [-0.2, 0) is 22.6 Å². The van der Waals surface area contributed by atoms with E-state index in [1.807, 2.05) is 12.1 Å². The van der Waals surface area contributed by atoms with E-state index in [0.29, 0.717) is 34.9 Å². The van der Waals surface area contributed by atoms with Crippen LogP contribution in [0.15, 0.2) is 53.5 Å². The quantitative estimate of drug-likeness (QED) is 0.103. The summed E-state index contributed by atoms with van der Waals surface area (Å²) in [6.07, 6.45) is 6.90. The lowest BCUT2D eigenvalue weighted by Crippen LogP contribution is -2.43. The number of hydrogen-bond acceptors (Lipinski definition) is 11. The van der Waals surface area contributed by atoms with Crippen molar-refractivity contribution in [3.8, 4) is 5.75 Å². The number of esters is 1. The van der Waals surface area contributed by atoms with Gasteiger partial charge in [-0.2, -0.15) is 4.98 Å². The van der Waals surface area contributed by atoms with Crippen LogP contribution in [0.4, 0.5) is 11.6 Å². The van der Waals surface area contributed by atoms with Gasteiger partial charge < -0.3 is 31.3 Å². The highest BCUT2D eigenvalue weighted by atomic mass is 16.5. The van der Waals surface area contributed by atoms with Crippen molar-refractivity contribution in [2.24, 2.45) is 17.3 Å². The largest absolute Gasteiger partial charge is 0.480 e. The van der Waals surface area contributed by atoms with E-state index in [9.17, 15) is 29.4 Å². The highest BCUT2D eigenvalue weighted by Crippen LogP contribution is 2.60. The summed E-state index contributed by atoms with van der Waals surface area (Å²) >= 11 is 0. The van der Waals surface area contributed by atoms with E-state index in [1.54, 1.807) is 12.1 Å². The second-order valence-corrected chi connectivity index (χ2v) is 14.2. The zero-order valence-corrected chi connectivity index (χ0v) is 28.2. The molecule has 0 saturated heterocycles. The zero-order chi connectivity index (χ0) is 35.9. The van der Waals surface area contributed by atoms with Crippen LogP contribution in [0.1, 0.15) is 85.0 Å². The number of anilines is 2. The molecule has 14 nitrogen and oxygen atoms in total. The van der Waals surface area contributed by atoms with Gasteiger partial charge in [0.2, 0.25) is 5.95 Å². The predicted molar refractivity (Wildman–Crippen MR) is 187 cm³/mol. The van der Waals surface area contributed by atoms with Crippen molar-refractivity contribution in [1.29, 1.82) is 0 Å². The standard InChI is InChI=1S/C37H41N7O7/c1-37-15-14-25-24-9-7-23(16-20(24)4-8-26(25)27(37)10-12-29(37)45)51-30(46)13-11-28(35(49)50)42-33(47)19-2-5-21(6-3-19)39-17-22-18-40-32-31(41-22)34(48)44-36(38)43-32/h2-3,5-7,9,16,18,25-29,39,45H,4,8,10-15,17H2,1H3,(H,42,47)(H,49,50)(H3,38,40,43,44,48)/t25-,26-,27+,28?,29+,37+/m1/s1. The Labute approximate surface area is 293 Å². The summed E-state index contributed by atoms with van der Waals surface area (Å²) in [6.45, 7) is 2.49. The van der Waals surface area contributed by atoms with Crippen LogP contribution in [0.25, 0.3) is 11.2 Å². The molecule has 3 aliphatic carbocycles. The van der Waals surface area contributed by atoms with Crippen molar-refractivity contribution in [1.82, 2.24) is 25.3 Å². The molecule has 1 amide bonds. The number of nitrogen functional groups attached to an aromatic ring is 1. The number of nitrogens with one attached hydrogen (secondary N) is 3. The Kier molecular flexibility index (Phi) is 9.19. The van der Waals surface area contributed by atoms with Crippen molar-refractivity contribution in [2.45, 2.75) is 82.9 Å². The number of nitrogens with zero attached hydrogens (tertiary/aromatic N) is 3. The summed E-state index contributed by atoms with van der Waals surface area (Å²) in [7, 11) is 0. The van der Waals surface area contributed by atoms with Crippen molar-refractivity contribution in [3.05, 3.63) is 81.4 Å². The smallest absolute Gasteiger partial charge is 0.326 e. The molecule has 14 heteroatoms. The first-order valence-corrected chi connectivity index (χ1v) is 17.4. The maximum absolute atomic E-state index is 12.9. The monoisotopic (exact) mass is 695 g/mol. The van der Waals surface area contributed by atoms with Gasteiger partial charge in [-0.1, -0.05) is 13.0 Å². The Morgan fingerprint density at radius 3 is 2.69 bits per heavy atom. The maximum atomic E-state index is 12.9. The molecule has 4 aromatic rings. The molecule has 0 bridgehead atoms. The minimum absolute atomic E-state index is 0.0137. The lowest BCUT2D eigenvalue weighted by Gasteiger charge is -2.50. The van der Waals surface area contributed by atoms with Gasteiger partial charge in [-0.25, -0.2) is 14.8 Å². The number of carbonyl (C=O) groups is 3. The highest BCUT2D eigenvalue weighted by molar-refractivity contribution is 5.97. The molecule has 2 heterocycles. The van der Waals surface area contributed by atoms with Gasteiger partial charge in [0, 0.05) is 17.7 Å². The second-order valence-electron chi connectivity index (χ2n) is 14.2. The number of amides is 1. The fourth-order valence-electron chi connectivity index (χ4n) is 8.53. The number of benzene rings is 2. The van der Waals surface area contributed by atoms with E-state index < -0.39 is 29.4 Å². The second kappa shape index (κ2) is 13.7. The van der Waals surface area contributed by atoms with Crippen LogP contribution < -0.4 is 26.7 Å². The number of rotatable bonds is 10. The number of aliphatic hydroxyl groups is 1. The Balaban J connectivity index is 0.903. The van der Waals surface area contributed by atoms with Crippen molar-refractivity contribution in [2.75, 3.05) is 11.1 Å².